The van der Waals surface area contributed by atoms with Crippen LogP contribution in [-0.4, -0.2) is 59.9 Å². The summed E-state index contributed by atoms with van der Waals surface area (Å²) in [5.41, 5.74) is 1.16. The van der Waals surface area contributed by atoms with E-state index in [1.54, 1.807) is 0 Å². The first-order valence-electron chi connectivity index (χ1n) is 12.0. The maximum Gasteiger partial charge on any atom is 0.232 e. The maximum atomic E-state index is 5.54. The third-order valence-electron chi connectivity index (χ3n) is 6.12. The minimum absolute atomic E-state index is 0.124. The highest BCUT2D eigenvalue weighted by Gasteiger charge is 2.23. The molecule has 178 valence electrons. The van der Waals surface area contributed by atoms with E-state index >= 15 is 0 Å². The lowest BCUT2D eigenvalue weighted by Crippen LogP contribution is -2.47. The highest BCUT2D eigenvalue weighted by atomic mass is 32.1. The fourth-order valence-electron chi connectivity index (χ4n) is 4.51. The lowest BCUT2D eigenvalue weighted by molar-refractivity contribution is 0.444. The lowest BCUT2D eigenvalue weighted by Gasteiger charge is -2.37. The van der Waals surface area contributed by atoms with Gasteiger partial charge in [-0.2, -0.15) is 9.97 Å². The first-order valence-corrected chi connectivity index (χ1v) is 12.5. The molecule has 0 bridgehead atoms. The highest BCUT2D eigenvalue weighted by Crippen LogP contribution is 2.27. The van der Waals surface area contributed by atoms with Crippen LogP contribution < -0.4 is 25.3 Å². The second kappa shape index (κ2) is 10.1. The molecule has 2 aliphatic rings. The smallest absolute Gasteiger partial charge is 0.232 e. The van der Waals surface area contributed by atoms with Crippen LogP contribution in [0.1, 0.15) is 40.5 Å². The van der Waals surface area contributed by atoms with Gasteiger partial charge in [0.1, 0.15) is 11.6 Å². The van der Waals surface area contributed by atoms with Crippen LogP contribution in [0, 0.1) is 5.92 Å². The Morgan fingerprint density at radius 2 is 1.58 bits per heavy atom. The van der Waals surface area contributed by atoms with Crippen molar-refractivity contribution in [1.29, 1.82) is 0 Å². The van der Waals surface area contributed by atoms with E-state index in [1.807, 2.05) is 0 Å². The molecule has 3 heterocycles. The summed E-state index contributed by atoms with van der Waals surface area (Å²) < 4.78 is 0. The van der Waals surface area contributed by atoms with Gasteiger partial charge in [0, 0.05) is 56.6 Å². The quantitative estimate of drug-likeness (QED) is 0.651. The predicted octanol–water partition coefficient (Wildman–Crippen LogP) is 4.12. The van der Waals surface area contributed by atoms with Crippen molar-refractivity contribution in [3.8, 4) is 0 Å². The number of nitrogens with zero attached hydrogens (tertiary/aromatic N) is 5. The Morgan fingerprint density at radius 1 is 0.939 bits per heavy atom. The minimum atomic E-state index is -0.124. The molecule has 0 spiro atoms. The molecule has 2 fully saturated rings. The van der Waals surface area contributed by atoms with E-state index in [2.05, 4.69) is 89.4 Å². The number of anilines is 4. The first kappa shape index (κ1) is 23.5. The summed E-state index contributed by atoms with van der Waals surface area (Å²) in [5, 5.41) is 7.09. The van der Waals surface area contributed by atoms with Crippen LogP contribution in [0.4, 0.5) is 23.3 Å². The van der Waals surface area contributed by atoms with Crippen molar-refractivity contribution in [3.63, 3.8) is 0 Å². The topological polar surface area (TPSA) is 59.6 Å². The first-order chi connectivity index (χ1) is 15.8. The van der Waals surface area contributed by atoms with E-state index in [0.717, 1.165) is 50.9 Å². The van der Waals surface area contributed by atoms with E-state index in [1.165, 1.54) is 18.5 Å². The van der Waals surface area contributed by atoms with Crippen LogP contribution in [0.3, 0.4) is 0 Å². The number of aromatic nitrogens is 2. The molecular weight excluding hydrogens is 430 g/mol. The number of rotatable bonds is 4. The zero-order valence-corrected chi connectivity index (χ0v) is 21.2. The van der Waals surface area contributed by atoms with Gasteiger partial charge >= 0.3 is 0 Å². The van der Waals surface area contributed by atoms with E-state index in [0.29, 0.717) is 17.0 Å². The summed E-state index contributed by atoms with van der Waals surface area (Å²) in [6.07, 6.45) is 2.48. The van der Waals surface area contributed by atoms with Crippen LogP contribution in [0.2, 0.25) is 0 Å². The highest BCUT2D eigenvalue weighted by molar-refractivity contribution is 7.80. The minimum Gasteiger partial charge on any atom is -0.368 e. The Labute approximate surface area is 203 Å². The molecule has 1 atom stereocenters. The van der Waals surface area contributed by atoms with E-state index in [-0.39, 0.29) is 5.54 Å². The average Bonchev–Trinajstić information content (AvgIpc) is 2.78. The normalized spacial score (nSPS) is 19.4. The molecule has 4 rings (SSSR count). The second-order valence-corrected chi connectivity index (χ2v) is 10.6. The van der Waals surface area contributed by atoms with Gasteiger partial charge in [-0.1, -0.05) is 25.1 Å². The van der Waals surface area contributed by atoms with E-state index in [9.17, 15) is 0 Å². The molecule has 2 saturated heterocycles. The van der Waals surface area contributed by atoms with Crippen LogP contribution in [0.15, 0.2) is 36.4 Å². The molecule has 2 N–H and O–H groups in total. The molecule has 8 heteroatoms. The van der Waals surface area contributed by atoms with Crippen molar-refractivity contribution in [2.24, 2.45) is 5.92 Å². The predicted molar refractivity (Wildman–Crippen MR) is 143 cm³/mol. The Balaban J connectivity index is 1.53. The van der Waals surface area contributed by atoms with E-state index in [4.69, 9.17) is 22.2 Å². The van der Waals surface area contributed by atoms with Crippen LogP contribution in [0.5, 0.6) is 0 Å². The number of thiocarbonyl (C=S) groups is 1. The molecule has 0 amide bonds. The largest absolute Gasteiger partial charge is 0.368 e. The van der Waals surface area contributed by atoms with Gasteiger partial charge in [0.25, 0.3) is 0 Å². The number of hydrogen-bond acceptors (Lipinski definition) is 6. The van der Waals surface area contributed by atoms with Crippen molar-refractivity contribution >= 4 is 40.6 Å². The third kappa shape index (κ3) is 6.47. The molecule has 0 unspecified atom stereocenters. The van der Waals surface area contributed by atoms with E-state index < -0.39 is 0 Å². The molecular formula is C25H37N7S. The maximum absolute atomic E-state index is 5.54. The van der Waals surface area contributed by atoms with Crippen molar-refractivity contribution in [3.05, 3.63) is 36.4 Å². The number of para-hydroxylation sites is 1. The summed E-state index contributed by atoms with van der Waals surface area (Å²) >= 11 is 5.54. The van der Waals surface area contributed by atoms with Crippen molar-refractivity contribution in [1.82, 2.24) is 15.3 Å². The molecule has 2 aromatic rings. The lowest BCUT2D eigenvalue weighted by atomic mass is 10.0. The fraction of sp³-hybridized carbons (Fsp3) is 0.560. The second-order valence-electron chi connectivity index (χ2n) is 10.2. The number of piperidine rings is 1. The average molecular weight is 468 g/mol. The number of benzene rings is 1. The molecule has 1 aromatic heterocycles. The van der Waals surface area contributed by atoms with Gasteiger partial charge in [-0.15, -0.1) is 0 Å². The number of piperazine rings is 1. The fourth-order valence-corrected chi connectivity index (χ4v) is 4.90. The summed E-state index contributed by atoms with van der Waals surface area (Å²) in [4.78, 5) is 16.9. The molecule has 2 aliphatic heterocycles. The van der Waals surface area contributed by atoms with Crippen LogP contribution in [0.25, 0.3) is 0 Å². The molecule has 1 aromatic carbocycles. The monoisotopic (exact) mass is 467 g/mol. The Hall–Kier alpha value is -2.61. The molecule has 33 heavy (non-hydrogen) atoms. The Bertz CT molecular complexity index is 936. The standard InChI is InChI=1S/C25H37N7S/c1-19-9-8-12-32(18-19)22-17-21(26-23(27-22)28-24(33)29-25(2,3)4)31-15-13-30(14-16-31)20-10-6-5-7-11-20/h5-7,10-11,17,19H,8-9,12-16,18H2,1-4H3,(H2,26,27,28,29,33)/t19-/m1/s1. The van der Waals surface area contributed by atoms with Gasteiger partial charge in [0.15, 0.2) is 5.11 Å². The molecule has 0 saturated carbocycles. The summed E-state index contributed by atoms with van der Waals surface area (Å²) in [5.74, 6) is 3.18. The third-order valence-corrected chi connectivity index (χ3v) is 6.32. The van der Waals surface area contributed by atoms with Crippen LogP contribution in [-0.2, 0) is 0 Å². The summed E-state index contributed by atoms with van der Waals surface area (Å²) in [6, 6.07) is 12.8. The molecule has 0 radical (unpaired) electrons. The van der Waals surface area contributed by atoms with Crippen molar-refractivity contribution in [2.75, 3.05) is 59.3 Å². The number of nitrogens with one attached hydrogen (secondary N) is 2. The zero-order valence-electron chi connectivity index (χ0n) is 20.3. The van der Waals surface area contributed by atoms with Gasteiger partial charge in [0.2, 0.25) is 5.95 Å². The molecule has 0 aliphatic carbocycles. The van der Waals surface area contributed by atoms with Gasteiger partial charge < -0.3 is 25.3 Å². The zero-order chi connectivity index (χ0) is 23.4. The van der Waals surface area contributed by atoms with Gasteiger partial charge in [0.05, 0.1) is 0 Å². The molecule has 7 nitrogen and oxygen atoms in total. The number of hydrogen-bond donors (Lipinski definition) is 2. The van der Waals surface area contributed by atoms with Crippen molar-refractivity contribution < 1.29 is 0 Å². The van der Waals surface area contributed by atoms with Gasteiger partial charge in [-0.25, -0.2) is 0 Å². The van der Waals surface area contributed by atoms with Crippen molar-refractivity contribution in [2.45, 2.75) is 46.1 Å². The Kier molecular flexibility index (Phi) is 7.22. The SMILES string of the molecule is C[C@@H]1CCCN(c2cc(N3CCN(c4ccccc4)CC3)nc(NC(=S)NC(C)(C)C)n2)C1. The van der Waals surface area contributed by atoms with Gasteiger partial charge in [-0.3, -0.25) is 0 Å². The van der Waals surface area contributed by atoms with Gasteiger partial charge in [-0.05, 0) is 63.9 Å². The summed E-state index contributed by atoms with van der Waals surface area (Å²) in [7, 11) is 0. The Morgan fingerprint density at radius 3 is 2.21 bits per heavy atom. The summed E-state index contributed by atoms with van der Waals surface area (Å²) in [6.45, 7) is 14.4. The van der Waals surface area contributed by atoms with Crippen LogP contribution >= 0.6 is 12.2 Å².